The molecular formula is C13H15N3O2. The van der Waals surface area contributed by atoms with Gasteiger partial charge < -0.3 is 10.0 Å². The first kappa shape index (κ1) is 12.4. The minimum absolute atomic E-state index is 0.0269. The number of amides is 1. The smallest absolute Gasteiger partial charge is 0.255 e. The molecule has 1 fully saturated rings. The van der Waals surface area contributed by atoms with E-state index in [0.717, 1.165) is 12.8 Å². The molecule has 94 valence electrons. The maximum Gasteiger partial charge on any atom is 0.255 e. The van der Waals surface area contributed by atoms with Gasteiger partial charge in [-0.1, -0.05) is 0 Å². The molecule has 0 bridgehead atoms. The fraction of sp³-hybridized carbons (Fsp3) is 0.462. The average molecular weight is 245 g/mol. The molecule has 0 radical (unpaired) electrons. The van der Waals surface area contributed by atoms with Gasteiger partial charge in [0.15, 0.2) is 0 Å². The Kier molecular flexibility index (Phi) is 3.19. The maximum atomic E-state index is 12.2. The van der Waals surface area contributed by atoms with E-state index in [1.165, 1.54) is 18.5 Å². The molecule has 0 aromatic carbocycles. The third-order valence-corrected chi connectivity index (χ3v) is 3.22. The summed E-state index contributed by atoms with van der Waals surface area (Å²) in [7, 11) is 0. The molecule has 2 rings (SSSR count). The minimum Gasteiger partial charge on any atom is -0.506 e. The predicted octanol–water partition coefficient (Wildman–Crippen LogP) is 1.55. The number of piperidine rings is 1. The van der Waals surface area contributed by atoms with Gasteiger partial charge in [-0.25, -0.2) is 0 Å². The van der Waals surface area contributed by atoms with Crippen LogP contribution in [-0.4, -0.2) is 34.0 Å². The van der Waals surface area contributed by atoms with Crippen molar-refractivity contribution in [3.8, 4) is 11.8 Å². The van der Waals surface area contributed by atoms with E-state index in [-0.39, 0.29) is 11.7 Å². The molecule has 1 atom stereocenters. The Labute approximate surface area is 106 Å². The monoisotopic (exact) mass is 245 g/mol. The van der Waals surface area contributed by atoms with E-state index in [1.54, 1.807) is 4.90 Å². The molecule has 1 aromatic rings. The maximum absolute atomic E-state index is 12.2. The van der Waals surface area contributed by atoms with E-state index < -0.39 is 5.41 Å². The molecule has 1 unspecified atom stereocenters. The molecule has 0 aliphatic carbocycles. The van der Waals surface area contributed by atoms with Crippen LogP contribution in [-0.2, 0) is 0 Å². The molecule has 1 saturated heterocycles. The van der Waals surface area contributed by atoms with Crippen molar-refractivity contribution in [3.05, 3.63) is 24.0 Å². The van der Waals surface area contributed by atoms with E-state index >= 15 is 0 Å². The normalized spacial score (nSPS) is 23.4. The lowest BCUT2D eigenvalue weighted by molar-refractivity contribution is 0.0629. The number of aromatic hydroxyl groups is 1. The summed E-state index contributed by atoms with van der Waals surface area (Å²) in [5.41, 5.74) is -0.116. The third kappa shape index (κ3) is 2.43. The van der Waals surface area contributed by atoms with Crippen LogP contribution < -0.4 is 0 Å². The summed E-state index contributed by atoms with van der Waals surface area (Å²) in [5.74, 6) is -0.208. The largest absolute Gasteiger partial charge is 0.506 e. The van der Waals surface area contributed by atoms with Gasteiger partial charge in [0.25, 0.3) is 5.91 Å². The highest BCUT2D eigenvalue weighted by Crippen LogP contribution is 2.29. The molecule has 1 aliphatic heterocycles. The number of aromatic nitrogens is 1. The Bertz CT molecular complexity index is 509. The molecule has 1 N–H and O–H groups in total. The second-order valence-electron chi connectivity index (χ2n) is 4.93. The second kappa shape index (κ2) is 4.65. The van der Waals surface area contributed by atoms with Crippen LogP contribution in [0.25, 0.3) is 0 Å². The zero-order valence-electron chi connectivity index (χ0n) is 10.3. The van der Waals surface area contributed by atoms with Crippen LogP contribution in [0.3, 0.4) is 0 Å². The van der Waals surface area contributed by atoms with Crippen molar-refractivity contribution in [3.63, 3.8) is 0 Å². The van der Waals surface area contributed by atoms with Gasteiger partial charge >= 0.3 is 0 Å². The number of carbonyl (C=O) groups excluding carboxylic acids is 1. The second-order valence-corrected chi connectivity index (χ2v) is 4.93. The zero-order chi connectivity index (χ0) is 13.2. The first-order chi connectivity index (χ1) is 8.54. The van der Waals surface area contributed by atoms with Crippen molar-refractivity contribution in [2.75, 3.05) is 13.1 Å². The van der Waals surface area contributed by atoms with Gasteiger partial charge in [-0.2, -0.15) is 5.26 Å². The van der Waals surface area contributed by atoms with E-state index in [0.29, 0.717) is 18.7 Å². The number of pyridine rings is 1. The lowest BCUT2D eigenvalue weighted by Gasteiger charge is -2.35. The lowest BCUT2D eigenvalue weighted by atomic mass is 9.83. The van der Waals surface area contributed by atoms with Crippen molar-refractivity contribution in [2.24, 2.45) is 5.41 Å². The number of hydrogen-bond acceptors (Lipinski definition) is 4. The summed E-state index contributed by atoms with van der Waals surface area (Å²) in [6.07, 6.45) is 4.35. The van der Waals surface area contributed by atoms with Crippen molar-refractivity contribution in [2.45, 2.75) is 19.8 Å². The summed E-state index contributed by atoms with van der Waals surface area (Å²) in [6.45, 7) is 2.94. The molecular weight excluding hydrogens is 230 g/mol. The van der Waals surface area contributed by atoms with Crippen LogP contribution in [0.4, 0.5) is 0 Å². The van der Waals surface area contributed by atoms with Gasteiger partial charge in [0.2, 0.25) is 0 Å². The highest BCUT2D eigenvalue weighted by atomic mass is 16.3. The topological polar surface area (TPSA) is 77.2 Å². The predicted molar refractivity (Wildman–Crippen MR) is 64.8 cm³/mol. The van der Waals surface area contributed by atoms with Crippen LogP contribution in [0.5, 0.6) is 5.75 Å². The van der Waals surface area contributed by atoms with Gasteiger partial charge in [0.1, 0.15) is 5.75 Å². The minimum atomic E-state index is -0.474. The number of nitriles is 1. The van der Waals surface area contributed by atoms with Crippen molar-refractivity contribution >= 4 is 5.91 Å². The number of carbonyl (C=O) groups is 1. The Morgan fingerprint density at radius 2 is 2.39 bits per heavy atom. The van der Waals surface area contributed by atoms with Crippen LogP contribution in [0, 0.1) is 16.7 Å². The van der Waals surface area contributed by atoms with E-state index in [2.05, 4.69) is 11.1 Å². The zero-order valence-corrected chi connectivity index (χ0v) is 10.3. The Balaban J connectivity index is 2.17. The average Bonchev–Trinajstić information content (AvgIpc) is 2.38. The lowest BCUT2D eigenvalue weighted by Crippen LogP contribution is -2.44. The first-order valence-corrected chi connectivity index (χ1v) is 5.89. The molecule has 18 heavy (non-hydrogen) atoms. The summed E-state index contributed by atoms with van der Waals surface area (Å²) >= 11 is 0. The Morgan fingerprint density at radius 1 is 1.61 bits per heavy atom. The molecule has 0 spiro atoms. The molecule has 5 nitrogen and oxygen atoms in total. The number of nitrogens with zero attached hydrogens (tertiary/aromatic N) is 3. The van der Waals surface area contributed by atoms with Crippen LogP contribution in [0.1, 0.15) is 30.1 Å². The van der Waals surface area contributed by atoms with E-state index in [1.807, 2.05) is 6.92 Å². The molecule has 1 amide bonds. The summed E-state index contributed by atoms with van der Waals surface area (Å²) in [6, 6.07) is 3.67. The third-order valence-electron chi connectivity index (χ3n) is 3.22. The quantitative estimate of drug-likeness (QED) is 0.814. The van der Waals surface area contributed by atoms with Crippen molar-refractivity contribution in [1.29, 1.82) is 5.26 Å². The van der Waals surface area contributed by atoms with Crippen LogP contribution >= 0.6 is 0 Å². The Hall–Kier alpha value is -2.09. The summed E-state index contributed by atoms with van der Waals surface area (Å²) in [5, 5.41) is 18.4. The number of hydrogen-bond donors (Lipinski definition) is 1. The standard InChI is InChI=1S/C13H15N3O2/c1-13(8-14)3-2-4-16(9-13)12(18)10-5-11(17)7-15-6-10/h5-7,17H,2-4,9H2,1H3. The molecule has 5 heteroatoms. The molecule has 1 aliphatic rings. The van der Waals surface area contributed by atoms with Crippen LogP contribution in [0.15, 0.2) is 18.5 Å². The fourth-order valence-electron chi connectivity index (χ4n) is 2.23. The van der Waals surface area contributed by atoms with Gasteiger partial charge in [0, 0.05) is 19.3 Å². The summed E-state index contributed by atoms with van der Waals surface area (Å²) < 4.78 is 0. The Morgan fingerprint density at radius 3 is 3.06 bits per heavy atom. The first-order valence-electron chi connectivity index (χ1n) is 5.89. The highest BCUT2D eigenvalue weighted by Gasteiger charge is 2.33. The highest BCUT2D eigenvalue weighted by molar-refractivity contribution is 5.94. The van der Waals surface area contributed by atoms with Crippen molar-refractivity contribution < 1.29 is 9.90 Å². The molecule has 2 heterocycles. The number of likely N-dealkylation sites (tertiary alicyclic amines) is 1. The van der Waals surface area contributed by atoms with Gasteiger partial charge in [-0.3, -0.25) is 9.78 Å². The van der Waals surface area contributed by atoms with Gasteiger partial charge in [-0.15, -0.1) is 0 Å². The van der Waals surface area contributed by atoms with E-state index in [4.69, 9.17) is 5.26 Å². The van der Waals surface area contributed by atoms with E-state index in [9.17, 15) is 9.90 Å². The van der Waals surface area contributed by atoms with Gasteiger partial charge in [0.05, 0.1) is 23.2 Å². The summed E-state index contributed by atoms with van der Waals surface area (Å²) in [4.78, 5) is 17.7. The van der Waals surface area contributed by atoms with Crippen LogP contribution in [0.2, 0.25) is 0 Å². The molecule has 0 saturated carbocycles. The fourth-order valence-corrected chi connectivity index (χ4v) is 2.23. The van der Waals surface area contributed by atoms with Crippen molar-refractivity contribution in [1.82, 2.24) is 9.88 Å². The SMILES string of the molecule is CC1(C#N)CCCN(C(=O)c2cncc(O)c2)C1. The molecule has 1 aromatic heterocycles. The number of rotatable bonds is 1. The van der Waals surface area contributed by atoms with Gasteiger partial charge in [-0.05, 0) is 25.8 Å².